The van der Waals surface area contributed by atoms with E-state index >= 15 is 0 Å². The standard InChI is InChI=1S/C12H15N3O2/c1-12(2,11(16)17)15-6-8-3-4-9-10(5-8)14-7-13-9/h3-5,7,15H,6H2,1-2H3,(H,13,14)(H,16,17). The molecule has 5 heteroatoms. The molecule has 0 saturated carbocycles. The molecule has 0 aliphatic heterocycles. The third kappa shape index (κ3) is 2.45. The molecule has 0 fully saturated rings. The van der Waals surface area contributed by atoms with Gasteiger partial charge in [-0.05, 0) is 31.5 Å². The van der Waals surface area contributed by atoms with Crippen LogP contribution < -0.4 is 5.32 Å². The summed E-state index contributed by atoms with van der Waals surface area (Å²) in [4.78, 5) is 18.1. The Morgan fingerprint density at radius 1 is 1.53 bits per heavy atom. The first-order valence-electron chi connectivity index (χ1n) is 5.39. The third-order valence-electron chi connectivity index (χ3n) is 2.75. The number of carbonyl (C=O) groups is 1. The second-order valence-electron chi connectivity index (χ2n) is 4.54. The van der Waals surface area contributed by atoms with E-state index in [9.17, 15) is 4.79 Å². The molecule has 0 atom stereocenters. The first-order chi connectivity index (χ1) is 7.99. The molecule has 17 heavy (non-hydrogen) atoms. The van der Waals surface area contributed by atoms with Gasteiger partial charge in [-0.1, -0.05) is 6.07 Å². The predicted octanol–water partition coefficient (Wildman–Crippen LogP) is 1.52. The summed E-state index contributed by atoms with van der Waals surface area (Å²) in [5.74, 6) is -0.861. The fourth-order valence-corrected chi connectivity index (χ4v) is 1.49. The summed E-state index contributed by atoms with van der Waals surface area (Å²) in [5, 5.41) is 12.0. The first kappa shape index (κ1) is 11.6. The van der Waals surface area contributed by atoms with Crippen molar-refractivity contribution in [2.45, 2.75) is 25.9 Å². The molecule has 5 nitrogen and oxygen atoms in total. The van der Waals surface area contributed by atoms with Gasteiger partial charge in [0.2, 0.25) is 0 Å². The van der Waals surface area contributed by atoms with E-state index in [1.807, 2.05) is 18.2 Å². The van der Waals surface area contributed by atoms with Crippen LogP contribution in [0.15, 0.2) is 24.5 Å². The topological polar surface area (TPSA) is 78.0 Å². The number of hydrogen-bond donors (Lipinski definition) is 3. The maximum atomic E-state index is 10.9. The number of rotatable bonds is 4. The Labute approximate surface area is 98.9 Å². The molecule has 0 aliphatic carbocycles. The summed E-state index contributed by atoms with van der Waals surface area (Å²) < 4.78 is 0. The van der Waals surface area contributed by atoms with Gasteiger partial charge in [0.1, 0.15) is 5.54 Å². The number of fused-ring (bicyclic) bond motifs is 1. The van der Waals surface area contributed by atoms with Crippen LogP contribution in [0.1, 0.15) is 19.4 Å². The Morgan fingerprint density at radius 2 is 2.29 bits per heavy atom. The highest BCUT2D eigenvalue weighted by Crippen LogP contribution is 2.12. The van der Waals surface area contributed by atoms with E-state index in [2.05, 4.69) is 15.3 Å². The molecule has 0 saturated heterocycles. The summed E-state index contributed by atoms with van der Waals surface area (Å²) >= 11 is 0. The summed E-state index contributed by atoms with van der Waals surface area (Å²) in [6, 6.07) is 5.82. The summed E-state index contributed by atoms with van der Waals surface area (Å²) in [7, 11) is 0. The van der Waals surface area contributed by atoms with Crippen molar-refractivity contribution in [3.8, 4) is 0 Å². The molecule has 2 rings (SSSR count). The molecule has 0 bridgehead atoms. The van der Waals surface area contributed by atoms with Crippen LogP contribution in [0.5, 0.6) is 0 Å². The van der Waals surface area contributed by atoms with E-state index in [1.165, 1.54) is 0 Å². The smallest absolute Gasteiger partial charge is 0.323 e. The molecule has 0 unspecified atom stereocenters. The lowest BCUT2D eigenvalue weighted by molar-refractivity contribution is -0.143. The zero-order valence-corrected chi connectivity index (χ0v) is 9.82. The number of aliphatic carboxylic acids is 1. The molecule has 1 aromatic heterocycles. The first-order valence-corrected chi connectivity index (χ1v) is 5.39. The van der Waals surface area contributed by atoms with Crippen LogP contribution in [-0.4, -0.2) is 26.6 Å². The van der Waals surface area contributed by atoms with Crippen LogP contribution in [0.2, 0.25) is 0 Å². The van der Waals surface area contributed by atoms with Crippen molar-refractivity contribution in [2.24, 2.45) is 0 Å². The van der Waals surface area contributed by atoms with Gasteiger partial charge in [-0.25, -0.2) is 4.98 Å². The Hall–Kier alpha value is -1.88. The number of imidazole rings is 1. The minimum absolute atomic E-state index is 0.508. The van der Waals surface area contributed by atoms with E-state index in [1.54, 1.807) is 20.2 Å². The molecule has 1 heterocycles. The zero-order valence-electron chi connectivity index (χ0n) is 9.82. The largest absolute Gasteiger partial charge is 0.480 e. The lowest BCUT2D eigenvalue weighted by Gasteiger charge is -2.20. The van der Waals surface area contributed by atoms with Crippen LogP contribution >= 0.6 is 0 Å². The SMILES string of the molecule is CC(C)(NCc1ccc2nc[nH]c2c1)C(=O)O. The number of H-pyrrole nitrogens is 1. The molecular formula is C12H15N3O2. The molecular weight excluding hydrogens is 218 g/mol. The number of nitrogens with one attached hydrogen (secondary N) is 2. The highest BCUT2D eigenvalue weighted by atomic mass is 16.4. The van der Waals surface area contributed by atoms with Gasteiger partial charge in [0.25, 0.3) is 0 Å². The number of carboxylic acids is 1. The molecule has 1 aromatic carbocycles. The van der Waals surface area contributed by atoms with Crippen LogP contribution in [0, 0.1) is 0 Å². The average Bonchev–Trinajstić information content (AvgIpc) is 2.73. The Balaban J connectivity index is 2.11. The minimum atomic E-state index is -0.928. The molecule has 90 valence electrons. The van der Waals surface area contributed by atoms with E-state index in [0.717, 1.165) is 16.6 Å². The molecule has 2 aromatic rings. The summed E-state index contributed by atoms with van der Waals surface area (Å²) in [6.45, 7) is 3.79. The maximum absolute atomic E-state index is 10.9. The van der Waals surface area contributed by atoms with E-state index in [4.69, 9.17) is 5.11 Å². The van der Waals surface area contributed by atoms with Crippen molar-refractivity contribution < 1.29 is 9.90 Å². The second-order valence-corrected chi connectivity index (χ2v) is 4.54. The predicted molar refractivity (Wildman–Crippen MR) is 64.6 cm³/mol. The van der Waals surface area contributed by atoms with Crippen LogP contribution in [0.4, 0.5) is 0 Å². The lowest BCUT2D eigenvalue weighted by atomic mass is 10.1. The van der Waals surface area contributed by atoms with Crippen molar-refractivity contribution in [1.29, 1.82) is 0 Å². The van der Waals surface area contributed by atoms with Crippen molar-refractivity contribution in [3.63, 3.8) is 0 Å². The van der Waals surface area contributed by atoms with Crippen molar-refractivity contribution in [3.05, 3.63) is 30.1 Å². The number of carboxylic acid groups (broad SMARTS) is 1. The molecule has 3 N–H and O–H groups in total. The summed E-state index contributed by atoms with van der Waals surface area (Å²) in [5.41, 5.74) is 1.96. The minimum Gasteiger partial charge on any atom is -0.480 e. The highest BCUT2D eigenvalue weighted by molar-refractivity contribution is 5.77. The van der Waals surface area contributed by atoms with Gasteiger partial charge in [-0.2, -0.15) is 0 Å². The van der Waals surface area contributed by atoms with Gasteiger partial charge in [0.05, 0.1) is 17.4 Å². The monoisotopic (exact) mass is 233 g/mol. The van der Waals surface area contributed by atoms with Crippen molar-refractivity contribution in [2.75, 3.05) is 0 Å². The number of aromatic nitrogens is 2. The summed E-state index contributed by atoms with van der Waals surface area (Å²) in [6.07, 6.45) is 1.64. The van der Waals surface area contributed by atoms with E-state index in [0.29, 0.717) is 6.54 Å². The van der Waals surface area contributed by atoms with Gasteiger partial charge < -0.3 is 10.1 Å². The second kappa shape index (κ2) is 4.18. The van der Waals surface area contributed by atoms with Crippen LogP contribution in [0.3, 0.4) is 0 Å². The fraction of sp³-hybridized carbons (Fsp3) is 0.333. The van der Waals surface area contributed by atoms with E-state index < -0.39 is 11.5 Å². The Bertz CT molecular complexity index is 545. The van der Waals surface area contributed by atoms with Gasteiger partial charge in [0.15, 0.2) is 0 Å². The van der Waals surface area contributed by atoms with Crippen LogP contribution in [-0.2, 0) is 11.3 Å². The highest BCUT2D eigenvalue weighted by Gasteiger charge is 2.25. The number of aromatic amines is 1. The lowest BCUT2D eigenvalue weighted by Crippen LogP contribution is -2.46. The van der Waals surface area contributed by atoms with Crippen molar-refractivity contribution in [1.82, 2.24) is 15.3 Å². The number of nitrogens with zero attached hydrogens (tertiary/aromatic N) is 1. The fourth-order valence-electron chi connectivity index (χ4n) is 1.49. The van der Waals surface area contributed by atoms with Crippen LogP contribution in [0.25, 0.3) is 11.0 Å². The third-order valence-corrected chi connectivity index (χ3v) is 2.75. The molecule has 0 aliphatic rings. The van der Waals surface area contributed by atoms with Gasteiger partial charge in [0, 0.05) is 6.54 Å². The van der Waals surface area contributed by atoms with Gasteiger partial charge in [-0.15, -0.1) is 0 Å². The number of hydrogen-bond acceptors (Lipinski definition) is 3. The molecule has 0 spiro atoms. The van der Waals surface area contributed by atoms with Crippen molar-refractivity contribution >= 4 is 17.0 Å². The average molecular weight is 233 g/mol. The van der Waals surface area contributed by atoms with E-state index in [-0.39, 0.29) is 0 Å². The quantitative estimate of drug-likeness (QED) is 0.748. The zero-order chi connectivity index (χ0) is 12.5. The van der Waals surface area contributed by atoms with Gasteiger partial charge in [-0.3, -0.25) is 10.1 Å². The maximum Gasteiger partial charge on any atom is 0.323 e. The number of benzene rings is 1. The van der Waals surface area contributed by atoms with Gasteiger partial charge >= 0.3 is 5.97 Å². The molecule has 0 amide bonds. The Morgan fingerprint density at radius 3 is 3.00 bits per heavy atom. The molecule has 0 radical (unpaired) electrons. The Kier molecular flexibility index (Phi) is 2.85. The normalized spacial score (nSPS) is 11.9.